The fourth-order valence-electron chi connectivity index (χ4n) is 3.35. The van der Waals surface area contributed by atoms with Crippen LogP contribution in [0, 0.1) is 11.8 Å². The van der Waals surface area contributed by atoms with Crippen molar-refractivity contribution in [1.82, 2.24) is 4.90 Å². The van der Waals surface area contributed by atoms with Crippen molar-refractivity contribution in [3.63, 3.8) is 0 Å². The molecule has 1 saturated carbocycles. The van der Waals surface area contributed by atoms with Gasteiger partial charge in [0.05, 0.1) is 5.92 Å². The van der Waals surface area contributed by atoms with E-state index in [1.807, 2.05) is 4.90 Å². The van der Waals surface area contributed by atoms with Crippen LogP contribution in [-0.2, 0) is 4.79 Å². The summed E-state index contributed by atoms with van der Waals surface area (Å²) in [5.41, 5.74) is 0. The van der Waals surface area contributed by atoms with Crippen molar-refractivity contribution >= 4 is 17.5 Å². The summed E-state index contributed by atoms with van der Waals surface area (Å²) < 4.78 is 37.9. The topological polar surface area (TPSA) is 20.3 Å². The van der Waals surface area contributed by atoms with E-state index in [0.717, 1.165) is 19.3 Å². The molecule has 0 N–H and O–H groups in total. The van der Waals surface area contributed by atoms with Crippen LogP contribution in [0.25, 0.3) is 0 Å². The Morgan fingerprint density at radius 1 is 1.10 bits per heavy atom. The molecule has 0 aromatic heterocycles. The minimum absolute atomic E-state index is 0.0241. The lowest BCUT2D eigenvalue weighted by Gasteiger charge is -2.38. The van der Waals surface area contributed by atoms with Crippen LogP contribution in [0.2, 0.25) is 0 Å². The van der Waals surface area contributed by atoms with Crippen molar-refractivity contribution in [2.75, 3.05) is 12.4 Å². The Balaban J connectivity index is 1.91. The van der Waals surface area contributed by atoms with Crippen molar-refractivity contribution < 1.29 is 18.0 Å². The van der Waals surface area contributed by atoms with Gasteiger partial charge >= 0.3 is 6.18 Å². The molecule has 0 radical (unpaired) electrons. The van der Waals surface area contributed by atoms with Crippen LogP contribution >= 0.6 is 11.6 Å². The van der Waals surface area contributed by atoms with E-state index in [1.165, 1.54) is 0 Å². The molecule has 2 nitrogen and oxygen atoms in total. The smallest absolute Gasteiger partial charge is 0.338 e. The summed E-state index contributed by atoms with van der Waals surface area (Å²) in [6.45, 7) is 0.704. The summed E-state index contributed by atoms with van der Waals surface area (Å²) in [6.07, 6.45) is -0.286. The fourth-order valence-corrected chi connectivity index (χ4v) is 3.67. The molecule has 0 spiro atoms. The Kier molecular flexibility index (Phi) is 5.21. The lowest BCUT2D eigenvalue weighted by molar-refractivity contribution is -0.185. The van der Waals surface area contributed by atoms with Crippen LogP contribution in [-0.4, -0.2) is 35.4 Å². The third kappa shape index (κ3) is 3.60. The van der Waals surface area contributed by atoms with Gasteiger partial charge in [0, 0.05) is 24.4 Å². The number of halogens is 4. The van der Waals surface area contributed by atoms with E-state index in [0.29, 0.717) is 25.3 Å². The summed E-state index contributed by atoms with van der Waals surface area (Å²) in [6, 6.07) is 0.0678. The first-order valence-electron chi connectivity index (χ1n) is 7.36. The Hall–Kier alpha value is -0.450. The van der Waals surface area contributed by atoms with Gasteiger partial charge < -0.3 is 4.90 Å². The normalized spacial score (nSPS) is 32.2. The average Bonchev–Trinajstić information content (AvgIpc) is 2.45. The number of likely N-dealkylation sites (tertiary alicyclic amines) is 1. The van der Waals surface area contributed by atoms with Crippen LogP contribution in [0.1, 0.15) is 44.9 Å². The number of carbonyl (C=O) groups is 1. The molecule has 1 aliphatic carbocycles. The molecular formula is C14H21ClF3NO. The number of amides is 1. The van der Waals surface area contributed by atoms with E-state index in [9.17, 15) is 18.0 Å². The average molecular weight is 312 g/mol. The van der Waals surface area contributed by atoms with E-state index in [2.05, 4.69) is 0 Å². The highest BCUT2D eigenvalue weighted by atomic mass is 35.5. The van der Waals surface area contributed by atoms with Crippen LogP contribution in [0.3, 0.4) is 0 Å². The minimum atomic E-state index is -4.11. The highest BCUT2D eigenvalue weighted by molar-refractivity contribution is 6.18. The van der Waals surface area contributed by atoms with Gasteiger partial charge in [0.25, 0.3) is 0 Å². The first kappa shape index (κ1) is 15.9. The molecule has 20 heavy (non-hydrogen) atoms. The largest absolute Gasteiger partial charge is 0.391 e. The maximum absolute atomic E-state index is 12.6. The molecule has 1 amide bonds. The molecule has 0 aromatic rings. The highest BCUT2D eigenvalue weighted by Gasteiger charge is 2.43. The maximum Gasteiger partial charge on any atom is 0.391 e. The molecule has 1 atom stereocenters. The molecule has 6 heteroatoms. The highest BCUT2D eigenvalue weighted by Crippen LogP contribution is 2.40. The van der Waals surface area contributed by atoms with E-state index in [-0.39, 0.29) is 30.7 Å². The molecule has 2 fully saturated rings. The van der Waals surface area contributed by atoms with Crippen LogP contribution in [0.4, 0.5) is 13.2 Å². The molecule has 1 heterocycles. The minimum Gasteiger partial charge on any atom is -0.338 e. The Labute approximate surface area is 122 Å². The Morgan fingerprint density at radius 2 is 1.75 bits per heavy atom. The lowest BCUT2D eigenvalue weighted by Crippen LogP contribution is -2.48. The standard InChI is InChI=1S/C14H21ClF3NO/c15-9-12-3-1-2-8-19(12)13(20)10-4-6-11(7-5-10)14(16,17)18/h10-12H,1-9H2. The molecule has 1 unspecified atom stereocenters. The molecule has 1 aliphatic heterocycles. The molecule has 2 rings (SSSR count). The number of carbonyl (C=O) groups excluding carboxylic acids is 1. The van der Waals surface area contributed by atoms with Crippen molar-refractivity contribution in [2.24, 2.45) is 11.8 Å². The summed E-state index contributed by atoms with van der Waals surface area (Å²) >= 11 is 5.90. The summed E-state index contributed by atoms with van der Waals surface area (Å²) in [5.74, 6) is -1.02. The van der Waals surface area contributed by atoms with Crippen LogP contribution in [0.5, 0.6) is 0 Å². The molecule has 1 saturated heterocycles. The second kappa shape index (κ2) is 6.54. The number of hydrogen-bond donors (Lipinski definition) is 0. The van der Waals surface area contributed by atoms with Crippen molar-refractivity contribution in [1.29, 1.82) is 0 Å². The van der Waals surface area contributed by atoms with Gasteiger partial charge in [-0.25, -0.2) is 0 Å². The van der Waals surface area contributed by atoms with E-state index in [1.54, 1.807) is 0 Å². The van der Waals surface area contributed by atoms with Gasteiger partial charge in [-0.15, -0.1) is 11.6 Å². The zero-order valence-corrected chi connectivity index (χ0v) is 12.2. The van der Waals surface area contributed by atoms with Gasteiger partial charge in [0.2, 0.25) is 5.91 Å². The van der Waals surface area contributed by atoms with Gasteiger partial charge in [-0.3, -0.25) is 4.79 Å². The van der Waals surface area contributed by atoms with Crippen molar-refractivity contribution in [2.45, 2.75) is 57.2 Å². The second-order valence-corrected chi connectivity index (χ2v) is 6.23. The zero-order valence-electron chi connectivity index (χ0n) is 11.5. The quantitative estimate of drug-likeness (QED) is 0.707. The van der Waals surface area contributed by atoms with Gasteiger partial charge in [-0.1, -0.05) is 0 Å². The van der Waals surface area contributed by atoms with E-state index < -0.39 is 12.1 Å². The van der Waals surface area contributed by atoms with Gasteiger partial charge in [0.15, 0.2) is 0 Å². The molecule has 0 bridgehead atoms. The Morgan fingerprint density at radius 3 is 2.30 bits per heavy atom. The van der Waals surface area contributed by atoms with E-state index >= 15 is 0 Å². The first-order valence-corrected chi connectivity index (χ1v) is 7.90. The predicted octanol–water partition coefficient (Wildman–Crippen LogP) is 3.98. The number of hydrogen-bond acceptors (Lipinski definition) is 1. The summed E-state index contributed by atoms with van der Waals surface area (Å²) in [4.78, 5) is 14.3. The molecule has 2 aliphatic rings. The van der Waals surface area contributed by atoms with Gasteiger partial charge in [-0.2, -0.15) is 13.2 Å². The third-order valence-electron chi connectivity index (χ3n) is 4.63. The summed E-state index contributed by atoms with van der Waals surface area (Å²) in [7, 11) is 0. The fraction of sp³-hybridized carbons (Fsp3) is 0.929. The predicted molar refractivity (Wildman–Crippen MR) is 71.6 cm³/mol. The lowest BCUT2D eigenvalue weighted by atomic mass is 9.80. The summed E-state index contributed by atoms with van der Waals surface area (Å²) in [5, 5.41) is 0. The number of alkyl halides is 4. The monoisotopic (exact) mass is 311 g/mol. The van der Waals surface area contributed by atoms with Crippen LogP contribution in [0.15, 0.2) is 0 Å². The molecule has 116 valence electrons. The Bertz CT molecular complexity index is 340. The van der Waals surface area contributed by atoms with Gasteiger partial charge in [0.1, 0.15) is 0 Å². The SMILES string of the molecule is O=C(C1CCC(C(F)(F)F)CC1)N1CCCCC1CCl. The maximum atomic E-state index is 12.6. The van der Waals surface area contributed by atoms with Gasteiger partial charge in [-0.05, 0) is 44.9 Å². The van der Waals surface area contributed by atoms with Crippen molar-refractivity contribution in [3.05, 3.63) is 0 Å². The third-order valence-corrected chi connectivity index (χ3v) is 4.98. The number of rotatable bonds is 2. The molecule has 0 aromatic carbocycles. The van der Waals surface area contributed by atoms with Crippen molar-refractivity contribution in [3.8, 4) is 0 Å². The van der Waals surface area contributed by atoms with Crippen LogP contribution < -0.4 is 0 Å². The zero-order chi connectivity index (χ0) is 14.8. The second-order valence-electron chi connectivity index (χ2n) is 5.93. The molecular weight excluding hydrogens is 291 g/mol. The number of nitrogens with zero attached hydrogens (tertiary/aromatic N) is 1. The van der Waals surface area contributed by atoms with E-state index in [4.69, 9.17) is 11.6 Å². The number of piperidine rings is 1. The first-order chi connectivity index (χ1) is 9.43.